The fourth-order valence-electron chi connectivity index (χ4n) is 7.88. The summed E-state index contributed by atoms with van der Waals surface area (Å²) in [7, 11) is 0. The number of benzene rings is 2. The predicted octanol–water partition coefficient (Wildman–Crippen LogP) is 6.97. The second-order valence-electron chi connectivity index (χ2n) is 11.4. The summed E-state index contributed by atoms with van der Waals surface area (Å²) >= 11 is 0. The maximum absolute atomic E-state index is 2.67. The van der Waals surface area contributed by atoms with Crippen molar-refractivity contribution in [2.75, 3.05) is 4.90 Å². The fourth-order valence-corrected chi connectivity index (χ4v) is 7.88. The summed E-state index contributed by atoms with van der Waals surface area (Å²) in [5.74, 6) is 0. The van der Waals surface area contributed by atoms with Gasteiger partial charge in [0, 0.05) is 39.4 Å². The van der Waals surface area contributed by atoms with Crippen LogP contribution in [0.25, 0.3) is 16.6 Å². The molecule has 5 aliphatic rings. The molecule has 3 heterocycles. The number of aromatic nitrogens is 1. The molecule has 3 aromatic rings. The van der Waals surface area contributed by atoms with Crippen molar-refractivity contribution in [2.24, 2.45) is 0 Å². The third-order valence-electron chi connectivity index (χ3n) is 9.42. The first-order valence-electron chi connectivity index (χ1n) is 14.3. The normalized spacial score (nSPS) is 20.0. The minimum atomic E-state index is 0.296. The van der Waals surface area contributed by atoms with Crippen LogP contribution in [-0.4, -0.2) is 11.3 Å². The molecule has 0 spiro atoms. The Morgan fingerprint density at radius 3 is 2.51 bits per heavy atom. The summed E-state index contributed by atoms with van der Waals surface area (Å²) in [5.41, 5.74) is 17.6. The van der Waals surface area contributed by atoms with Crippen molar-refractivity contribution in [1.29, 1.82) is 0 Å². The molecule has 0 amide bonds. The van der Waals surface area contributed by atoms with Gasteiger partial charge in [-0.1, -0.05) is 54.0 Å². The van der Waals surface area contributed by atoms with E-state index in [2.05, 4.69) is 90.1 Å². The zero-order valence-electron chi connectivity index (χ0n) is 22.0. The molecule has 8 rings (SSSR count). The van der Waals surface area contributed by atoms with Gasteiger partial charge in [-0.15, -0.1) is 0 Å². The van der Waals surface area contributed by atoms with Crippen LogP contribution < -0.4 is 15.8 Å². The first-order valence-corrected chi connectivity index (χ1v) is 14.3. The van der Waals surface area contributed by atoms with Gasteiger partial charge >= 0.3 is 0 Å². The van der Waals surface area contributed by atoms with E-state index in [0.717, 1.165) is 25.7 Å². The molecule has 0 fully saturated rings. The van der Waals surface area contributed by atoms with Gasteiger partial charge in [-0.25, -0.2) is 0 Å². The molecule has 3 heteroatoms. The molecule has 182 valence electrons. The van der Waals surface area contributed by atoms with Crippen LogP contribution in [0.1, 0.15) is 63.6 Å². The Morgan fingerprint density at radius 2 is 1.65 bits per heavy atom. The van der Waals surface area contributed by atoms with E-state index in [4.69, 9.17) is 0 Å². The highest BCUT2D eigenvalue weighted by Gasteiger charge is 2.43. The topological polar surface area (TPSA) is 8.17 Å². The number of hydrogen-bond donors (Lipinski definition) is 0. The number of hydrogen-bond acceptors (Lipinski definition) is 1. The van der Waals surface area contributed by atoms with Crippen LogP contribution in [0, 0.1) is 0 Å². The summed E-state index contributed by atoms with van der Waals surface area (Å²) in [5, 5.41) is 1.49. The van der Waals surface area contributed by atoms with Crippen molar-refractivity contribution < 1.29 is 0 Å². The molecule has 0 unspecified atom stereocenters. The maximum atomic E-state index is 2.67. The van der Waals surface area contributed by atoms with Gasteiger partial charge in [0.05, 0.1) is 0 Å². The first-order chi connectivity index (χ1) is 18.2. The van der Waals surface area contributed by atoms with Crippen molar-refractivity contribution in [1.82, 2.24) is 4.57 Å². The SMILES string of the molecule is CC1=C(C2=C(C)B3c4c(cccc4-n4c5c(c6cccc3c64)CCCC5)N2C2=CCCC=C2)CCC=C1. The largest absolute Gasteiger partial charge is 0.314 e. The standard InChI is InChI=1S/C34H33BN2/c1-22-12-6-7-15-25(22)33-23(2)35-28-18-10-17-27-26-16-8-9-19-29(26)37(34(27)28)31-21-11-20-30(32(31)35)36(33)24-13-4-3-5-14-24/h4,6,10-14,17-18,20-21H,3,5,7-9,15-16,19H2,1-2H3. The molecule has 3 aliphatic carbocycles. The highest BCUT2D eigenvalue weighted by atomic mass is 15.2. The van der Waals surface area contributed by atoms with Crippen LogP contribution >= 0.6 is 0 Å². The molecule has 37 heavy (non-hydrogen) atoms. The van der Waals surface area contributed by atoms with E-state index in [1.165, 1.54) is 86.9 Å². The van der Waals surface area contributed by atoms with E-state index in [1.807, 2.05) is 0 Å². The summed E-state index contributed by atoms with van der Waals surface area (Å²) in [6.45, 7) is 5.03. The molecular formula is C34H33BN2. The molecule has 0 saturated carbocycles. The third-order valence-corrected chi connectivity index (χ3v) is 9.42. The highest BCUT2D eigenvalue weighted by Crippen LogP contribution is 2.44. The van der Waals surface area contributed by atoms with Gasteiger partial charge in [-0.3, -0.25) is 0 Å². The van der Waals surface area contributed by atoms with Crippen LogP contribution in [0.5, 0.6) is 0 Å². The van der Waals surface area contributed by atoms with Crippen molar-refractivity contribution in [3.05, 3.63) is 106 Å². The number of anilines is 1. The number of nitrogens with zero attached hydrogens (tertiary/aromatic N) is 2. The fraction of sp³-hybridized carbons (Fsp3) is 0.294. The molecule has 2 aromatic carbocycles. The number of para-hydroxylation sites is 1. The summed E-state index contributed by atoms with van der Waals surface area (Å²) in [4.78, 5) is 2.62. The van der Waals surface area contributed by atoms with Crippen molar-refractivity contribution >= 4 is 34.2 Å². The summed E-state index contributed by atoms with van der Waals surface area (Å²) in [6, 6.07) is 14.2. The first kappa shape index (κ1) is 21.6. The third kappa shape index (κ3) is 2.89. The molecule has 0 radical (unpaired) electrons. The molecule has 0 bridgehead atoms. The monoisotopic (exact) mass is 480 g/mol. The average Bonchev–Trinajstić information content (AvgIpc) is 3.28. The second kappa shape index (κ2) is 8.02. The molecular weight excluding hydrogens is 447 g/mol. The van der Waals surface area contributed by atoms with E-state index >= 15 is 0 Å². The van der Waals surface area contributed by atoms with Gasteiger partial charge in [0.25, 0.3) is 0 Å². The van der Waals surface area contributed by atoms with Gasteiger partial charge in [0.15, 0.2) is 0 Å². The number of aryl methyl sites for hydroxylation is 1. The lowest BCUT2D eigenvalue weighted by molar-refractivity contribution is 0.667. The van der Waals surface area contributed by atoms with E-state index < -0.39 is 0 Å². The summed E-state index contributed by atoms with van der Waals surface area (Å²) in [6.07, 6.45) is 21.3. The average molecular weight is 480 g/mol. The van der Waals surface area contributed by atoms with Gasteiger partial charge in [-0.05, 0) is 111 Å². The van der Waals surface area contributed by atoms with E-state index in [0.29, 0.717) is 6.71 Å². The number of rotatable bonds is 2. The number of fused-ring (bicyclic) bond motifs is 5. The Bertz CT molecular complexity index is 1650. The van der Waals surface area contributed by atoms with Crippen molar-refractivity contribution in [2.45, 2.75) is 65.2 Å². The van der Waals surface area contributed by atoms with Crippen molar-refractivity contribution in [3.8, 4) is 5.69 Å². The molecule has 2 aliphatic heterocycles. The Labute approximate surface area is 220 Å². The van der Waals surface area contributed by atoms with Gasteiger partial charge in [0.2, 0.25) is 6.71 Å². The van der Waals surface area contributed by atoms with Crippen LogP contribution in [0.15, 0.2) is 94.8 Å². The van der Waals surface area contributed by atoms with Gasteiger partial charge in [0.1, 0.15) is 0 Å². The number of allylic oxidation sites excluding steroid dienone is 8. The van der Waals surface area contributed by atoms with Gasteiger partial charge in [-0.2, -0.15) is 0 Å². The Kier molecular flexibility index (Phi) is 4.68. The molecule has 0 atom stereocenters. The van der Waals surface area contributed by atoms with Crippen LogP contribution in [0.4, 0.5) is 5.69 Å². The molecule has 0 N–H and O–H groups in total. The summed E-state index contributed by atoms with van der Waals surface area (Å²) < 4.78 is 2.67. The smallest absolute Gasteiger partial charge is 0.247 e. The van der Waals surface area contributed by atoms with Gasteiger partial charge < -0.3 is 9.47 Å². The van der Waals surface area contributed by atoms with E-state index in [1.54, 1.807) is 11.3 Å². The van der Waals surface area contributed by atoms with Crippen LogP contribution in [0.3, 0.4) is 0 Å². The Hall–Kier alpha value is -3.46. The molecule has 0 saturated heterocycles. The molecule has 1 aromatic heterocycles. The maximum Gasteiger partial charge on any atom is 0.247 e. The zero-order valence-corrected chi connectivity index (χ0v) is 22.0. The van der Waals surface area contributed by atoms with E-state index in [9.17, 15) is 0 Å². The zero-order chi connectivity index (χ0) is 24.7. The Morgan fingerprint density at radius 1 is 0.811 bits per heavy atom. The lowest BCUT2D eigenvalue weighted by atomic mass is 9.33. The van der Waals surface area contributed by atoms with Crippen LogP contribution in [0.2, 0.25) is 0 Å². The lowest BCUT2D eigenvalue weighted by Crippen LogP contribution is -2.55. The predicted molar refractivity (Wildman–Crippen MR) is 158 cm³/mol. The second-order valence-corrected chi connectivity index (χ2v) is 11.4. The quantitative estimate of drug-likeness (QED) is 0.360. The Balaban J connectivity index is 1.50. The van der Waals surface area contributed by atoms with Crippen molar-refractivity contribution in [3.63, 3.8) is 0 Å². The minimum Gasteiger partial charge on any atom is -0.314 e. The highest BCUT2D eigenvalue weighted by molar-refractivity contribution is 6.95. The van der Waals surface area contributed by atoms with Crippen LogP contribution in [-0.2, 0) is 12.8 Å². The van der Waals surface area contributed by atoms with E-state index in [-0.39, 0.29) is 0 Å². The lowest BCUT2D eigenvalue weighted by Gasteiger charge is -2.43. The minimum absolute atomic E-state index is 0.296. The molecule has 2 nitrogen and oxygen atoms in total.